The molecule has 2 saturated carbocycles. The second-order valence-corrected chi connectivity index (χ2v) is 2.89. The zero-order chi connectivity index (χ0) is 7.57. The molecule has 2 rings (SSSR count). The Morgan fingerprint density at radius 2 is 1.70 bits per heavy atom. The van der Waals surface area contributed by atoms with Gasteiger partial charge < -0.3 is 0 Å². The summed E-state index contributed by atoms with van der Waals surface area (Å²) in [5.41, 5.74) is -2.25. The van der Waals surface area contributed by atoms with Gasteiger partial charge in [0.15, 0.2) is 5.67 Å². The first-order chi connectivity index (χ1) is 4.47. The van der Waals surface area contributed by atoms with E-state index in [1.54, 1.807) is 0 Å². The normalized spacial score (nSPS) is 51.0. The van der Waals surface area contributed by atoms with Gasteiger partial charge in [0, 0.05) is 12.8 Å². The van der Waals surface area contributed by atoms with Gasteiger partial charge in [-0.15, -0.1) is 0 Å². The van der Waals surface area contributed by atoms with Crippen molar-refractivity contribution < 1.29 is 17.6 Å². The van der Waals surface area contributed by atoms with Crippen LogP contribution in [-0.4, -0.2) is 17.8 Å². The molecule has 0 aromatic rings. The molecule has 2 fully saturated rings. The first kappa shape index (κ1) is 6.43. The van der Waals surface area contributed by atoms with Crippen LogP contribution < -0.4 is 0 Å². The Balaban J connectivity index is 2.05. The highest BCUT2D eigenvalue weighted by Gasteiger charge is 2.77. The summed E-state index contributed by atoms with van der Waals surface area (Å²) in [7, 11) is 0. The van der Waals surface area contributed by atoms with E-state index in [1.807, 2.05) is 0 Å². The second-order valence-electron chi connectivity index (χ2n) is 2.89. The molecule has 4 heteroatoms. The van der Waals surface area contributed by atoms with E-state index in [-0.39, 0.29) is 6.42 Å². The van der Waals surface area contributed by atoms with Gasteiger partial charge in [-0.05, 0) is 0 Å². The van der Waals surface area contributed by atoms with Gasteiger partial charge in [-0.3, -0.25) is 0 Å². The predicted octanol–water partition coefficient (Wildman–Crippen LogP) is 2.05. The van der Waals surface area contributed by atoms with Crippen LogP contribution in [0.5, 0.6) is 0 Å². The molecule has 0 N–H and O–H groups in total. The fourth-order valence-corrected chi connectivity index (χ4v) is 1.14. The van der Waals surface area contributed by atoms with Crippen molar-refractivity contribution in [3.05, 3.63) is 5.92 Å². The molecule has 0 aromatic heterocycles. The van der Waals surface area contributed by atoms with Crippen LogP contribution in [0.15, 0.2) is 0 Å². The molecule has 2 atom stereocenters. The van der Waals surface area contributed by atoms with Crippen LogP contribution in [0, 0.1) is 5.92 Å². The van der Waals surface area contributed by atoms with Crippen LogP contribution in [0.1, 0.15) is 12.8 Å². The molecule has 57 valence electrons. The number of halogens is 4. The lowest BCUT2D eigenvalue weighted by molar-refractivity contribution is 0.109. The van der Waals surface area contributed by atoms with Crippen LogP contribution in [0.4, 0.5) is 17.6 Å². The maximum atomic E-state index is 12.7. The average Bonchev–Trinajstić information content (AvgIpc) is 2.54. The number of rotatable bonds is 1. The van der Waals surface area contributed by atoms with E-state index in [9.17, 15) is 17.6 Å². The molecule has 2 unspecified atom stereocenters. The number of hydrogen-bond donors (Lipinski definition) is 0. The van der Waals surface area contributed by atoms with Gasteiger partial charge in [-0.1, -0.05) is 0 Å². The van der Waals surface area contributed by atoms with Crippen LogP contribution in [-0.2, 0) is 0 Å². The lowest BCUT2D eigenvalue weighted by Gasteiger charge is -1.99. The first-order valence-electron chi connectivity index (χ1n) is 3.04. The smallest absolute Gasteiger partial charge is 0.244 e. The molecule has 0 heterocycles. The minimum absolute atomic E-state index is 0.363. The molecular formula is C6H5F4. The molecule has 2 aliphatic rings. The van der Waals surface area contributed by atoms with E-state index in [0.717, 1.165) is 0 Å². The summed E-state index contributed by atoms with van der Waals surface area (Å²) in [4.78, 5) is 0. The predicted molar refractivity (Wildman–Crippen MR) is 26.2 cm³/mol. The molecule has 0 nitrogen and oxygen atoms in total. The summed E-state index contributed by atoms with van der Waals surface area (Å²) < 4.78 is 48.9. The third-order valence-electron chi connectivity index (χ3n) is 2.03. The zero-order valence-corrected chi connectivity index (χ0v) is 5.00. The SMILES string of the molecule is FC1CC1(F)[C]1CC1(F)F. The summed E-state index contributed by atoms with van der Waals surface area (Å²) in [5.74, 6) is -3.54. The van der Waals surface area contributed by atoms with Crippen LogP contribution >= 0.6 is 0 Å². The Kier molecular flexibility index (Phi) is 0.860. The van der Waals surface area contributed by atoms with Crippen molar-refractivity contribution in [2.75, 3.05) is 0 Å². The molecular weight excluding hydrogens is 148 g/mol. The van der Waals surface area contributed by atoms with Crippen molar-refractivity contribution in [1.29, 1.82) is 0 Å². The second kappa shape index (κ2) is 1.34. The highest BCUT2D eigenvalue weighted by Crippen LogP contribution is 2.67. The molecule has 0 aliphatic heterocycles. The van der Waals surface area contributed by atoms with E-state index in [2.05, 4.69) is 0 Å². The van der Waals surface area contributed by atoms with Crippen molar-refractivity contribution in [2.24, 2.45) is 0 Å². The molecule has 0 saturated heterocycles. The molecule has 0 aromatic carbocycles. The topological polar surface area (TPSA) is 0 Å². The third-order valence-corrected chi connectivity index (χ3v) is 2.03. The first-order valence-corrected chi connectivity index (χ1v) is 3.04. The standard InChI is InChI=1S/C6H5F4/c7-4-2-5(4,8)3-1-6(3,9)10/h4H,1-2H2. The highest BCUT2D eigenvalue weighted by atomic mass is 19.3. The Labute approximate surface area is 55.2 Å². The maximum Gasteiger partial charge on any atom is 0.258 e. The van der Waals surface area contributed by atoms with Gasteiger partial charge in [-0.2, -0.15) is 0 Å². The van der Waals surface area contributed by atoms with Crippen molar-refractivity contribution in [3.8, 4) is 0 Å². The number of alkyl halides is 4. The summed E-state index contributed by atoms with van der Waals surface area (Å²) in [6, 6.07) is 0. The minimum atomic E-state index is -3.00. The highest BCUT2D eigenvalue weighted by molar-refractivity contribution is 5.40. The number of hydrogen-bond acceptors (Lipinski definition) is 0. The van der Waals surface area contributed by atoms with Gasteiger partial charge in [0.2, 0.25) is 0 Å². The fourth-order valence-electron chi connectivity index (χ4n) is 1.14. The van der Waals surface area contributed by atoms with E-state index in [0.29, 0.717) is 0 Å². The Morgan fingerprint density at radius 3 is 1.80 bits per heavy atom. The maximum absolute atomic E-state index is 12.7. The fraction of sp³-hybridized carbons (Fsp3) is 0.833. The zero-order valence-electron chi connectivity index (χ0n) is 5.00. The lowest BCUT2D eigenvalue weighted by atomic mass is 10.2. The van der Waals surface area contributed by atoms with E-state index in [4.69, 9.17) is 0 Å². The molecule has 0 bridgehead atoms. The van der Waals surface area contributed by atoms with E-state index >= 15 is 0 Å². The van der Waals surface area contributed by atoms with Gasteiger partial charge >= 0.3 is 0 Å². The van der Waals surface area contributed by atoms with Crippen LogP contribution in [0.3, 0.4) is 0 Å². The Morgan fingerprint density at radius 1 is 1.30 bits per heavy atom. The summed E-state index contributed by atoms with van der Waals surface area (Å²) in [6.45, 7) is 0. The molecule has 0 amide bonds. The average molecular weight is 153 g/mol. The Hall–Kier alpha value is -0.280. The lowest BCUT2D eigenvalue weighted by Crippen LogP contribution is -2.11. The van der Waals surface area contributed by atoms with Gasteiger partial charge in [0.05, 0.1) is 5.92 Å². The largest absolute Gasteiger partial charge is 0.258 e. The summed E-state index contributed by atoms with van der Waals surface area (Å²) in [6.07, 6.45) is -2.59. The van der Waals surface area contributed by atoms with Gasteiger partial charge in [0.25, 0.3) is 5.92 Å². The summed E-state index contributed by atoms with van der Waals surface area (Å²) in [5, 5.41) is 0. The van der Waals surface area contributed by atoms with Crippen LogP contribution in [0.2, 0.25) is 0 Å². The minimum Gasteiger partial charge on any atom is -0.244 e. The molecule has 10 heavy (non-hydrogen) atoms. The van der Waals surface area contributed by atoms with Gasteiger partial charge in [0.1, 0.15) is 6.17 Å². The molecule has 1 radical (unpaired) electrons. The van der Waals surface area contributed by atoms with Crippen molar-refractivity contribution in [1.82, 2.24) is 0 Å². The quantitative estimate of drug-likeness (QED) is 0.506. The monoisotopic (exact) mass is 153 g/mol. The van der Waals surface area contributed by atoms with Crippen molar-refractivity contribution in [2.45, 2.75) is 30.6 Å². The van der Waals surface area contributed by atoms with E-state index < -0.39 is 30.1 Å². The van der Waals surface area contributed by atoms with Crippen LogP contribution in [0.25, 0.3) is 0 Å². The van der Waals surface area contributed by atoms with Gasteiger partial charge in [-0.25, -0.2) is 17.6 Å². The van der Waals surface area contributed by atoms with Crippen molar-refractivity contribution >= 4 is 0 Å². The Bertz CT molecular complexity index is 179. The molecule has 2 aliphatic carbocycles. The molecule has 0 spiro atoms. The van der Waals surface area contributed by atoms with Crippen molar-refractivity contribution in [3.63, 3.8) is 0 Å². The summed E-state index contributed by atoms with van der Waals surface area (Å²) >= 11 is 0. The third kappa shape index (κ3) is 0.620. The van der Waals surface area contributed by atoms with E-state index in [1.165, 1.54) is 0 Å².